The van der Waals surface area contributed by atoms with E-state index in [9.17, 15) is 0 Å². The molecule has 0 N–H and O–H groups in total. The topological polar surface area (TPSA) is 25.8 Å². The lowest BCUT2D eigenvalue weighted by atomic mass is 10.2. The van der Waals surface area contributed by atoms with E-state index in [0.29, 0.717) is 10.0 Å². The fraction of sp³-hybridized carbons (Fsp3) is 0.143. The van der Waals surface area contributed by atoms with Gasteiger partial charge in [0.15, 0.2) is 0 Å². The molecule has 2 aromatic heterocycles. The Bertz CT molecular complexity index is 749. The van der Waals surface area contributed by atoms with Gasteiger partial charge in [0.1, 0.15) is 0 Å². The minimum atomic E-state index is 0.661. The molecule has 0 aliphatic heterocycles. The molecule has 0 aliphatic rings. The molecule has 0 radical (unpaired) electrons. The maximum atomic E-state index is 6.20. The van der Waals surface area contributed by atoms with Gasteiger partial charge in [0.05, 0.1) is 26.4 Å². The molecule has 0 atom stereocenters. The highest BCUT2D eigenvalue weighted by molar-refractivity contribution is 7.10. The van der Waals surface area contributed by atoms with Crippen LogP contribution in [0.5, 0.6) is 0 Å². The van der Waals surface area contributed by atoms with Crippen LogP contribution in [0.4, 0.5) is 0 Å². The number of rotatable bonds is 3. The lowest BCUT2D eigenvalue weighted by Gasteiger charge is -2.00. The molecular formula is C14H10Cl2N2S2. The number of halogens is 2. The minimum absolute atomic E-state index is 0.661. The van der Waals surface area contributed by atoms with E-state index < -0.39 is 0 Å². The van der Waals surface area contributed by atoms with Crippen molar-refractivity contribution in [2.24, 2.45) is 0 Å². The molecule has 0 aliphatic carbocycles. The second-order valence-electron chi connectivity index (χ2n) is 4.29. The first-order valence-electron chi connectivity index (χ1n) is 5.92. The van der Waals surface area contributed by atoms with Crippen molar-refractivity contribution >= 4 is 45.9 Å². The third-order valence-electron chi connectivity index (χ3n) is 2.76. The summed E-state index contributed by atoms with van der Waals surface area (Å²) in [7, 11) is 0. The summed E-state index contributed by atoms with van der Waals surface area (Å²) in [6.45, 7) is 2.01. The summed E-state index contributed by atoms with van der Waals surface area (Å²) in [6.07, 6.45) is 0.757. The zero-order valence-corrected chi connectivity index (χ0v) is 13.7. The maximum absolute atomic E-state index is 6.20. The van der Waals surface area contributed by atoms with Gasteiger partial charge in [-0.25, -0.2) is 9.97 Å². The number of hydrogen-bond donors (Lipinski definition) is 0. The van der Waals surface area contributed by atoms with Crippen LogP contribution in [0.1, 0.15) is 15.7 Å². The van der Waals surface area contributed by atoms with E-state index in [0.717, 1.165) is 33.4 Å². The Morgan fingerprint density at radius 3 is 2.70 bits per heavy atom. The van der Waals surface area contributed by atoms with Crippen LogP contribution in [0.3, 0.4) is 0 Å². The van der Waals surface area contributed by atoms with Crippen molar-refractivity contribution in [1.29, 1.82) is 0 Å². The van der Waals surface area contributed by atoms with E-state index in [1.807, 2.05) is 18.4 Å². The van der Waals surface area contributed by atoms with Gasteiger partial charge in [-0.3, -0.25) is 0 Å². The van der Waals surface area contributed by atoms with Crippen LogP contribution in [0.25, 0.3) is 11.3 Å². The molecule has 3 rings (SSSR count). The molecule has 2 heterocycles. The highest BCUT2D eigenvalue weighted by atomic mass is 35.5. The van der Waals surface area contributed by atoms with Gasteiger partial charge in [-0.05, 0) is 25.1 Å². The Morgan fingerprint density at radius 1 is 1.10 bits per heavy atom. The van der Waals surface area contributed by atoms with Gasteiger partial charge >= 0.3 is 0 Å². The second kappa shape index (κ2) is 5.82. The molecule has 0 fully saturated rings. The van der Waals surface area contributed by atoms with E-state index in [1.54, 1.807) is 34.8 Å². The molecule has 0 spiro atoms. The summed E-state index contributed by atoms with van der Waals surface area (Å²) in [4.78, 5) is 9.08. The van der Waals surface area contributed by atoms with Crippen molar-refractivity contribution in [3.05, 3.63) is 54.7 Å². The Morgan fingerprint density at radius 2 is 1.95 bits per heavy atom. The van der Waals surface area contributed by atoms with Gasteiger partial charge in [-0.1, -0.05) is 23.2 Å². The van der Waals surface area contributed by atoms with E-state index in [-0.39, 0.29) is 0 Å². The van der Waals surface area contributed by atoms with Gasteiger partial charge in [0.2, 0.25) is 0 Å². The lowest BCUT2D eigenvalue weighted by molar-refractivity contribution is 1.06. The number of aryl methyl sites for hydroxylation is 1. The number of aromatic nitrogens is 2. The summed E-state index contributed by atoms with van der Waals surface area (Å²) >= 11 is 15.5. The van der Waals surface area contributed by atoms with Crippen LogP contribution in [0.2, 0.25) is 10.0 Å². The van der Waals surface area contributed by atoms with Crippen molar-refractivity contribution < 1.29 is 0 Å². The van der Waals surface area contributed by atoms with Gasteiger partial charge < -0.3 is 0 Å². The Labute approximate surface area is 135 Å². The first-order valence-corrected chi connectivity index (χ1v) is 8.44. The standard InChI is InChI=1S/C14H10Cl2N2S2/c1-8-17-10(6-19-8)5-14-18-13(7-20-14)11-4-9(15)2-3-12(11)16/h2-4,6-7H,5H2,1H3. The average Bonchev–Trinajstić information content (AvgIpc) is 3.02. The van der Waals surface area contributed by atoms with Gasteiger partial charge in [0, 0.05) is 27.8 Å². The SMILES string of the molecule is Cc1nc(Cc2nc(-c3cc(Cl)ccc3Cl)cs2)cs1. The zero-order valence-electron chi connectivity index (χ0n) is 10.6. The van der Waals surface area contributed by atoms with Crippen molar-refractivity contribution in [3.63, 3.8) is 0 Å². The highest BCUT2D eigenvalue weighted by Crippen LogP contribution is 2.31. The van der Waals surface area contributed by atoms with Gasteiger partial charge in [0.25, 0.3) is 0 Å². The lowest BCUT2D eigenvalue weighted by Crippen LogP contribution is -1.88. The zero-order chi connectivity index (χ0) is 14.1. The van der Waals surface area contributed by atoms with Gasteiger partial charge in [-0.15, -0.1) is 22.7 Å². The first kappa shape index (κ1) is 14.0. The molecule has 20 heavy (non-hydrogen) atoms. The quantitative estimate of drug-likeness (QED) is 0.631. The number of nitrogens with zero attached hydrogens (tertiary/aromatic N) is 2. The number of benzene rings is 1. The van der Waals surface area contributed by atoms with Crippen molar-refractivity contribution in [2.45, 2.75) is 13.3 Å². The largest absolute Gasteiger partial charge is 0.246 e. The smallest absolute Gasteiger partial charge is 0.0992 e. The van der Waals surface area contributed by atoms with E-state index in [4.69, 9.17) is 23.2 Å². The number of thiazole rings is 2. The van der Waals surface area contributed by atoms with E-state index in [2.05, 4.69) is 15.3 Å². The van der Waals surface area contributed by atoms with Crippen LogP contribution in [-0.2, 0) is 6.42 Å². The predicted molar refractivity (Wildman–Crippen MR) is 87.2 cm³/mol. The van der Waals surface area contributed by atoms with E-state index >= 15 is 0 Å². The normalized spacial score (nSPS) is 10.9. The fourth-order valence-electron chi connectivity index (χ4n) is 1.85. The summed E-state index contributed by atoms with van der Waals surface area (Å²) in [5.74, 6) is 0. The molecule has 0 unspecified atom stereocenters. The average molecular weight is 341 g/mol. The Hall–Kier alpha value is -0.940. The molecule has 0 saturated heterocycles. The van der Waals surface area contributed by atoms with Crippen LogP contribution in [0, 0.1) is 6.92 Å². The molecule has 2 nitrogen and oxygen atoms in total. The molecule has 0 bridgehead atoms. The highest BCUT2D eigenvalue weighted by Gasteiger charge is 2.10. The summed E-state index contributed by atoms with van der Waals surface area (Å²) in [5.41, 5.74) is 2.80. The summed E-state index contributed by atoms with van der Waals surface area (Å²) in [5, 5.41) is 7.51. The molecule has 0 amide bonds. The van der Waals surface area contributed by atoms with Crippen LogP contribution in [-0.4, -0.2) is 9.97 Å². The third-order valence-corrected chi connectivity index (χ3v) is 4.99. The molecule has 3 aromatic rings. The second-order valence-corrected chi connectivity index (χ2v) is 7.13. The Balaban J connectivity index is 1.88. The van der Waals surface area contributed by atoms with Crippen molar-refractivity contribution in [3.8, 4) is 11.3 Å². The summed E-state index contributed by atoms with van der Waals surface area (Å²) in [6, 6.07) is 5.41. The molecule has 6 heteroatoms. The van der Waals surface area contributed by atoms with E-state index in [1.165, 1.54) is 0 Å². The minimum Gasteiger partial charge on any atom is -0.246 e. The first-order chi connectivity index (χ1) is 9.61. The Kier molecular flexibility index (Phi) is 4.08. The fourth-order valence-corrected chi connectivity index (χ4v) is 3.66. The van der Waals surface area contributed by atoms with Crippen molar-refractivity contribution in [2.75, 3.05) is 0 Å². The monoisotopic (exact) mass is 340 g/mol. The maximum Gasteiger partial charge on any atom is 0.0992 e. The molecule has 0 saturated carbocycles. The molecular weight excluding hydrogens is 331 g/mol. The van der Waals surface area contributed by atoms with Crippen LogP contribution < -0.4 is 0 Å². The predicted octanol–water partition coefficient (Wildman–Crippen LogP) is 5.47. The third kappa shape index (κ3) is 3.04. The van der Waals surface area contributed by atoms with Crippen LogP contribution in [0.15, 0.2) is 29.0 Å². The summed E-state index contributed by atoms with van der Waals surface area (Å²) < 4.78 is 0. The number of hydrogen-bond acceptors (Lipinski definition) is 4. The molecule has 1 aromatic carbocycles. The van der Waals surface area contributed by atoms with Crippen molar-refractivity contribution in [1.82, 2.24) is 9.97 Å². The van der Waals surface area contributed by atoms with Crippen LogP contribution >= 0.6 is 45.9 Å². The van der Waals surface area contributed by atoms with Gasteiger partial charge in [-0.2, -0.15) is 0 Å². The molecule has 102 valence electrons.